The predicted molar refractivity (Wildman–Crippen MR) is 125 cm³/mol. The highest BCUT2D eigenvalue weighted by molar-refractivity contribution is 9.11. The molecular formula is C22H15Br2N5O2. The van der Waals surface area contributed by atoms with Gasteiger partial charge < -0.3 is 5.11 Å². The Hall–Kier alpha value is -3.30. The summed E-state index contributed by atoms with van der Waals surface area (Å²) in [7, 11) is 0. The van der Waals surface area contributed by atoms with E-state index in [1.165, 1.54) is 6.21 Å². The molecule has 4 rings (SSSR count). The number of nitrogens with one attached hydrogen (secondary N) is 1. The second-order valence-corrected chi connectivity index (χ2v) is 8.11. The third kappa shape index (κ3) is 4.73. The number of hydrazone groups is 1. The number of carbonyl (C=O) groups is 1. The third-order valence-corrected chi connectivity index (χ3v) is 5.47. The number of amides is 1. The molecule has 31 heavy (non-hydrogen) atoms. The van der Waals surface area contributed by atoms with E-state index in [1.807, 2.05) is 60.7 Å². The van der Waals surface area contributed by atoms with Crippen molar-refractivity contribution in [3.63, 3.8) is 0 Å². The molecule has 3 aromatic carbocycles. The molecule has 0 atom stereocenters. The Kier molecular flexibility index (Phi) is 6.24. The molecule has 154 valence electrons. The van der Waals surface area contributed by atoms with Crippen LogP contribution in [0.1, 0.15) is 16.2 Å². The van der Waals surface area contributed by atoms with E-state index in [4.69, 9.17) is 0 Å². The van der Waals surface area contributed by atoms with Crippen LogP contribution in [0.25, 0.3) is 17.1 Å². The second kappa shape index (κ2) is 9.23. The molecule has 0 aliphatic carbocycles. The van der Waals surface area contributed by atoms with Gasteiger partial charge in [-0.05, 0) is 61.7 Å². The van der Waals surface area contributed by atoms with Gasteiger partial charge in [-0.25, -0.2) is 15.1 Å². The van der Waals surface area contributed by atoms with Gasteiger partial charge in [0.05, 0.1) is 20.8 Å². The van der Waals surface area contributed by atoms with Gasteiger partial charge in [0.2, 0.25) is 5.82 Å². The average Bonchev–Trinajstić information content (AvgIpc) is 3.24. The summed E-state index contributed by atoms with van der Waals surface area (Å²) in [5, 5.41) is 18.2. The van der Waals surface area contributed by atoms with E-state index in [2.05, 4.69) is 52.5 Å². The number of phenolic OH excluding ortho intramolecular Hbond substituents is 1. The second-order valence-electron chi connectivity index (χ2n) is 6.40. The van der Waals surface area contributed by atoms with Crippen molar-refractivity contribution < 1.29 is 9.90 Å². The topological polar surface area (TPSA) is 92.4 Å². The zero-order valence-electron chi connectivity index (χ0n) is 15.9. The van der Waals surface area contributed by atoms with Crippen molar-refractivity contribution in [1.29, 1.82) is 0 Å². The summed E-state index contributed by atoms with van der Waals surface area (Å²) in [6, 6.07) is 22.3. The Morgan fingerprint density at radius 2 is 1.61 bits per heavy atom. The highest BCUT2D eigenvalue weighted by Crippen LogP contribution is 2.32. The SMILES string of the molecule is O=C(N/N=C/c1cc(Br)c(O)c(Br)c1)c1nc(-c2ccccc2)n(-c2ccccc2)n1. The normalized spacial score (nSPS) is 11.0. The molecular weight excluding hydrogens is 526 g/mol. The lowest BCUT2D eigenvalue weighted by atomic mass is 10.2. The minimum atomic E-state index is -0.542. The predicted octanol–water partition coefficient (Wildman–Crippen LogP) is 4.93. The fourth-order valence-corrected chi connectivity index (χ4v) is 4.03. The molecule has 0 aliphatic heterocycles. The first kappa shape index (κ1) is 21.0. The van der Waals surface area contributed by atoms with Gasteiger partial charge in [-0.1, -0.05) is 48.5 Å². The van der Waals surface area contributed by atoms with E-state index in [0.717, 1.165) is 11.3 Å². The summed E-state index contributed by atoms with van der Waals surface area (Å²) in [6.07, 6.45) is 1.46. The van der Waals surface area contributed by atoms with Crippen LogP contribution in [0.2, 0.25) is 0 Å². The van der Waals surface area contributed by atoms with Gasteiger partial charge in [-0.2, -0.15) is 5.10 Å². The standard InChI is InChI=1S/C22H15Br2N5O2/c23-17-11-14(12-18(24)19(17)30)13-25-27-22(31)20-26-21(15-7-3-1-4-8-15)29(28-20)16-9-5-2-6-10-16/h1-13,30H,(H,27,31)/b25-13+. The van der Waals surface area contributed by atoms with Gasteiger partial charge in [0.15, 0.2) is 5.82 Å². The van der Waals surface area contributed by atoms with Gasteiger partial charge in [-0.3, -0.25) is 4.79 Å². The molecule has 4 aromatic rings. The maximum atomic E-state index is 12.6. The minimum Gasteiger partial charge on any atom is -0.506 e. The summed E-state index contributed by atoms with van der Waals surface area (Å²) in [6.45, 7) is 0. The van der Waals surface area contributed by atoms with Crippen molar-refractivity contribution in [3.05, 3.63) is 93.1 Å². The lowest BCUT2D eigenvalue weighted by Gasteiger charge is -2.05. The molecule has 2 N–H and O–H groups in total. The van der Waals surface area contributed by atoms with E-state index < -0.39 is 5.91 Å². The molecule has 0 saturated heterocycles. The molecule has 0 unspecified atom stereocenters. The molecule has 0 radical (unpaired) electrons. The van der Waals surface area contributed by atoms with Gasteiger partial charge in [0.25, 0.3) is 0 Å². The summed E-state index contributed by atoms with van der Waals surface area (Å²) >= 11 is 6.52. The molecule has 0 saturated carbocycles. The van der Waals surface area contributed by atoms with Crippen LogP contribution in [0.4, 0.5) is 0 Å². The first-order valence-corrected chi connectivity index (χ1v) is 10.7. The largest absolute Gasteiger partial charge is 0.506 e. The van der Waals surface area contributed by atoms with E-state index in [9.17, 15) is 9.90 Å². The van der Waals surface area contributed by atoms with Crippen LogP contribution >= 0.6 is 31.9 Å². The fraction of sp³-hybridized carbons (Fsp3) is 0. The molecule has 1 aromatic heterocycles. The van der Waals surface area contributed by atoms with Crippen LogP contribution in [0, 0.1) is 0 Å². The average molecular weight is 541 g/mol. The number of phenols is 1. The first-order chi connectivity index (χ1) is 15.0. The molecule has 0 aliphatic rings. The number of hydrogen-bond donors (Lipinski definition) is 2. The lowest BCUT2D eigenvalue weighted by Crippen LogP contribution is -2.19. The summed E-state index contributed by atoms with van der Waals surface area (Å²) in [5.74, 6) is 0.0885. The van der Waals surface area contributed by atoms with E-state index >= 15 is 0 Å². The Bertz CT molecular complexity index is 1180. The monoisotopic (exact) mass is 539 g/mol. The van der Waals surface area contributed by atoms with Gasteiger partial charge >= 0.3 is 5.91 Å². The van der Waals surface area contributed by atoms with Gasteiger partial charge in [-0.15, -0.1) is 5.10 Å². The molecule has 0 fully saturated rings. The van der Waals surface area contributed by atoms with E-state index in [-0.39, 0.29) is 11.6 Å². The van der Waals surface area contributed by atoms with Crippen LogP contribution in [-0.4, -0.2) is 32.0 Å². The maximum absolute atomic E-state index is 12.6. The summed E-state index contributed by atoms with van der Waals surface area (Å²) in [4.78, 5) is 17.1. The van der Waals surface area contributed by atoms with Crippen LogP contribution in [0.15, 0.2) is 86.8 Å². The number of halogens is 2. The van der Waals surface area contributed by atoms with Crippen LogP contribution in [-0.2, 0) is 0 Å². The number of aromatic nitrogens is 3. The van der Waals surface area contributed by atoms with Crippen LogP contribution < -0.4 is 5.43 Å². The Balaban J connectivity index is 1.61. The fourth-order valence-electron chi connectivity index (χ4n) is 2.81. The van der Waals surface area contributed by atoms with Gasteiger partial charge in [0, 0.05) is 5.56 Å². The quantitative estimate of drug-likeness (QED) is 0.277. The number of aromatic hydroxyl groups is 1. The lowest BCUT2D eigenvalue weighted by molar-refractivity contribution is 0.0945. The van der Waals surface area contributed by atoms with Crippen molar-refractivity contribution in [2.75, 3.05) is 0 Å². The zero-order valence-corrected chi connectivity index (χ0v) is 19.1. The van der Waals surface area contributed by atoms with E-state index in [0.29, 0.717) is 20.3 Å². The number of hydrogen-bond acceptors (Lipinski definition) is 5. The number of nitrogens with zero attached hydrogens (tertiary/aromatic N) is 4. The Morgan fingerprint density at radius 1 is 1.00 bits per heavy atom. The number of para-hydroxylation sites is 1. The number of benzene rings is 3. The van der Waals surface area contributed by atoms with Crippen LogP contribution in [0.3, 0.4) is 0 Å². The number of rotatable bonds is 5. The van der Waals surface area contributed by atoms with Crippen molar-refractivity contribution in [1.82, 2.24) is 20.2 Å². The highest BCUT2D eigenvalue weighted by Gasteiger charge is 2.18. The Labute approximate surface area is 194 Å². The van der Waals surface area contributed by atoms with Crippen molar-refractivity contribution in [2.45, 2.75) is 0 Å². The van der Waals surface area contributed by atoms with Crippen molar-refractivity contribution in [3.8, 4) is 22.8 Å². The first-order valence-electron chi connectivity index (χ1n) is 9.12. The molecule has 1 heterocycles. The van der Waals surface area contributed by atoms with Gasteiger partial charge in [0.1, 0.15) is 5.75 Å². The molecule has 7 nitrogen and oxygen atoms in total. The van der Waals surface area contributed by atoms with Crippen LogP contribution in [0.5, 0.6) is 5.75 Å². The molecule has 0 bridgehead atoms. The smallest absolute Gasteiger partial charge is 0.311 e. The Morgan fingerprint density at radius 3 is 2.26 bits per heavy atom. The molecule has 0 spiro atoms. The van der Waals surface area contributed by atoms with E-state index in [1.54, 1.807) is 16.8 Å². The number of carbonyl (C=O) groups excluding carboxylic acids is 1. The molecule has 9 heteroatoms. The third-order valence-electron chi connectivity index (χ3n) is 4.26. The highest BCUT2D eigenvalue weighted by atomic mass is 79.9. The summed E-state index contributed by atoms with van der Waals surface area (Å²) < 4.78 is 2.64. The molecule has 1 amide bonds. The zero-order chi connectivity index (χ0) is 21.8. The van der Waals surface area contributed by atoms with Crippen molar-refractivity contribution >= 4 is 44.0 Å². The van der Waals surface area contributed by atoms with Crippen molar-refractivity contribution in [2.24, 2.45) is 5.10 Å². The maximum Gasteiger partial charge on any atom is 0.311 e. The summed E-state index contributed by atoms with van der Waals surface area (Å²) in [5.41, 5.74) is 4.74. The minimum absolute atomic E-state index is 0.00655.